The van der Waals surface area contributed by atoms with Crippen molar-refractivity contribution in [2.24, 2.45) is 0 Å². The number of carbonyl (C=O) groups excluding carboxylic acids is 1. The van der Waals surface area contributed by atoms with Crippen LogP contribution in [-0.4, -0.2) is 71.4 Å². The van der Waals surface area contributed by atoms with Crippen molar-refractivity contribution < 1.29 is 17.9 Å². The maximum absolute atomic E-state index is 13.1. The van der Waals surface area contributed by atoms with E-state index in [1.807, 2.05) is 12.3 Å². The van der Waals surface area contributed by atoms with Crippen LogP contribution in [-0.2, 0) is 14.8 Å². The number of morpholine rings is 1. The first-order valence-corrected chi connectivity index (χ1v) is 12.1. The molecule has 1 aliphatic heterocycles. The van der Waals surface area contributed by atoms with E-state index in [1.165, 1.54) is 28.2 Å². The Morgan fingerprint density at radius 1 is 1.13 bits per heavy atom. The van der Waals surface area contributed by atoms with Crippen molar-refractivity contribution in [1.29, 1.82) is 0 Å². The smallest absolute Gasteiger partial charge is 0.257 e. The fraction of sp³-hybridized carbons (Fsp3) is 0.263. The minimum absolute atomic E-state index is 0.0318. The van der Waals surface area contributed by atoms with Crippen LogP contribution < -0.4 is 5.32 Å². The Bertz CT molecular complexity index is 1190. The molecule has 1 aromatic heterocycles. The highest BCUT2D eigenvalue weighted by Crippen LogP contribution is 2.23. The molecule has 1 saturated heterocycles. The number of sulfonamides is 1. The monoisotopic (exact) mass is 460 g/mol. The third-order valence-electron chi connectivity index (χ3n) is 4.69. The van der Waals surface area contributed by atoms with E-state index in [0.717, 1.165) is 0 Å². The Kier molecular flexibility index (Phi) is 6.32. The molecular formula is C19H20N6O4S2. The summed E-state index contributed by atoms with van der Waals surface area (Å²) in [6.07, 6.45) is 1.86. The summed E-state index contributed by atoms with van der Waals surface area (Å²) < 4.78 is 34.3. The summed E-state index contributed by atoms with van der Waals surface area (Å²) in [7, 11) is -3.82. The summed E-state index contributed by atoms with van der Waals surface area (Å²) in [6, 6.07) is 13.2. The Balaban J connectivity index is 1.61. The average Bonchev–Trinajstić information content (AvgIpc) is 3.29. The molecule has 0 spiro atoms. The van der Waals surface area contributed by atoms with Crippen LogP contribution >= 0.6 is 11.8 Å². The van der Waals surface area contributed by atoms with Crippen LogP contribution in [0.2, 0.25) is 0 Å². The topological polar surface area (TPSA) is 119 Å². The number of amides is 1. The van der Waals surface area contributed by atoms with Gasteiger partial charge in [-0.15, -0.1) is 5.10 Å². The third kappa shape index (κ3) is 4.46. The molecule has 2 aromatic carbocycles. The van der Waals surface area contributed by atoms with Crippen molar-refractivity contribution >= 4 is 33.4 Å². The highest BCUT2D eigenvalue weighted by Gasteiger charge is 2.30. The minimum atomic E-state index is -3.82. The molecule has 3 aromatic rings. The van der Waals surface area contributed by atoms with Gasteiger partial charge in [-0.2, -0.15) is 8.99 Å². The van der Waals surface area contributed by atoms with Crippen molar-refractivity contribution in [2.45, 2.75) is 10.1 Å². The fourth-order valence-corrected chi connectivity index (χ4v) is 5.22. The molecule has 31 heavy (non-hydrogen) atoms. The fourth-order valence-electron chi connectivity index (χ4n) is 3.19. The second-order valence-corrected chi connectivity index (χ2v) is 9.27. The zero-order chi connectivity index (χ0) is 21.8. The maximum atomic E-state index is 13.1. The highest BCUT2D eigenvalue weighted by atomic mass is 32.2. The first kappa shape index (κ1) is 21.4. The van der Waals surface area contributed by atoms with Gasteiger partial charge in [-0.25, -0.2) is 8.42 Å². The summed E-state index contributed by atoms with van der Waals surface area (Å²) in [5.74, 6) is -0.522. The number of hydrogen-bond donors (Lipinski definition) is 1. The normalized spacial score (nSPS) is 15.0. The Morgan fingerprint density at radius 2 is 1.90 bits per heavy atom. The molecule has 0 atom stereocenters. The molecule has 0 radical (unpaired) electrons. The summed E-state index contributed by atoms with van der Waals surface area (Å²) >= 11 is 1.39. The lowest BCUT2D eigenvalue weighted by Gasteiger charge is -2.26. The predicted molar refractivity (Wildman–Crippen MR) is 115 cm³/mol. The lowest BCUT2D eigenvalue weighted by atomic mass is 10.2. The summed E-state index contributed by atoms with van der Waals surface area (Å²) in [5, 5.41) is 14.9. The van der Waals surface area contributed by atoms with Gasteiger partial charge in [0.2, 0.25) is 15.2 Å². The molecule has 2 heterocycles. The molecule has 12 heteroatoms. The number of rotatable bonds is 6. The molecule has 0 aliphatic carbocycles. The third-order valence-corrected chi connectivity index (χ3v) is 7.27. The van der Waals surface area contributed by atoms with Gasteiger partial charge in [0.15, 0.2) is 0 Å². The minimum Gasteiger partial charge on any atom is -0.379 e. The maximum Gasteiger partial charge on any atom is 0.257 e. The Labute approximate surface area is 183 Å². The van der Waals surface area contributed by atoms with Crippen molar-refractivity contribution in [2.75, 3.05) is 37.9 Å². The molecule has 1 fully saturated rings. The van der Waals surface area contributed by atoms with E-state index in [2.05, 4.69) is 20.8 Å². The van der Waals surface area contributed by atoms with E-state index in [4.69, 9.17) is 4.74 Å². The molecular weight excluding hydrogens is 440 g/mol. The van der Waals surface area contributed by atoms with Crippen LogP contribution in [0.15, 0.2) is 58.6 Å². The molecule has 10 nitrogen and oxygen atoms in total. The van der Waals surface area contributed by atoms with E-state index in [0.29, 0.717) is 29.7 Å². The Hall–Kier alpha value is -2.80. The predicted octanol–water partition coefficient (Wildman–Crippen LogP) is 1.66. The molecule has 1 amide bonds. The number of aromatic nitrogens is 4. The van der Waals surface area contributed by atoms with E-state index in [1.54, 1.807) is 35.0 Å². The Morgan fingerprint density at radius 3 is 2.68 bits per heavy atom. The van der Waals surface area contributed by atoms with Gasteiger partial charge in [-0.3, -0.25) is 4.79 Å². The van der Waals surface area contributed by atoms with Gasteiger partial charge in [0, 0.05) is 18.8 Å². The van der Waals surface area contributed by atoms with Gasteiger partial charge in [0.25, 0.3) is 5.91 Å². The first-order valence-electron chi connectivity index (χ1n) is 9.42. The number of ether oxygens (including phenoxy) is 1. The summed E-state index contributed by atoms with van der Waals surface area (Å²) in [4.78, 5) is 13.0. The van der Waals surface area contributed by atoms with E-state index >= 15 is 0 Å². The lowest BCUT2D eigenvalue weighted by molar-refractivity contribution is 0.0730. The number of nitrogens with one attached hydrogen (secondary N) is 1. The first-order chi connectivity index (χ1) is 15.0. The average molecular weight is 461 g/mol. The second kappa shape index (κ2) is 9.14. The summed E-state index contributed by atoms with van der Waals surface area (Å²) in [5.41, 5.74) is 1.23. The lowest BCUT2D eigenvalue weighted by Crippen LogP contribution is -2.41. The number of benzene rings is 2. The highest BCUT2D eigenvalue weighted by molar-refractivity contribution is 7.98. The van der Waals surface area contributed by atoms with Crippen LogP contribution in [0.1, 0.15) is 10.4 Å². The van der Waals surface area contributed by atoms with Crippen LogP contribution in [0.25, 0.3) is 5.69 Å². The van der Waals surface area contributed by atoms with Crippen molar-refractivity contribution in [1.82, 2.24) is 24.5 Å². The van der Waals surface area contributed by atoms with E-state index in [9.17, 15) is 13.2 Å². The van der Waals surface area contributed by atoms with Gasteiger partial charge < -0.3 is 10.1 Å². The number of anilines is 1. The van der Waals surface area contributed by atoms with Gasteiger partial charge >= 0.3 is 0 Å². The molecule has 0 bridgehead atoms. The standard InChI is InChI=1S/C19H20N6O4S2/c1-30-19-21-22-23-25(19)15-6-4-5-14(13-15)20-18(26)16-7-2-3-8-17(16)31(27,28)24-9-11-29-12-10-24/h2-8,13H,9-12H2,1H3,(H,20,26). The number of carbonyl (C=O) groups is 1. The van der Waals surface area contributed by atoms with Crippen LogP contribution in [0.4, 0.5) is 5.69 Å². The molecule has 162 valence electrons. The quantitative estimate of drug-likeness (QED) is 0.552. The van der Waals surface area contributed by atoms with Crippen molar-refractivity contribution in [3.8, 4) is 5.69 Å². The summed E-state index contributed by atoms with van der Waals surface area (Å²) in [6.45, 7) is 1.17. The van der Waals surface area contributed by atoms with Gasteiger partial charge in [-0.1, -0.05) is 30.0 Å². The van der Waals surface area contributed by atoms with Gasteiger partial charge in [-0.05, 0) is 47.0 Å². The largest absolute Gasteiger partial charge is 0.379 e. The zero-order valence-electron chi connectivity index (χ0n) is 16.6. The van der Waals surface area contributed by atoms with Gasteiger partial charge in [0.05, 0.1) is 29.4 Å². The van der Waals surface area contributed by atoms with Crippen LogP contribution in [0.3, 0.4) is 0 Å². The molecule has 0 unspecified atom stereocenters. The molecule has 4 rings (SSSR count). The van der Waals surface area contributed by atoms with Crippen LogP contribution in [0, 0.1) is 0 Å². The molecule has 0 saturated carbocycles. The van der Waals surface area contributed by atoms with E-state index < -0.39 is 15.9 Å². The molecule has 1 N–H and O–H groups in total. The second-order valence-electron chi connectivity index (χ2n) is 6.59. The number of hydrogen-bond acceptors (Lipinski definition) is 8. The molecule has 1 aliphatic rings. The van der Waals surface area contributed by atoms with Crippen molar-refractivity contribution in [3.63, 3.8) is 0 Å². The van der Waals surface area contributed by atoms with E-state index in [-0.39, 0.29) is 23.5 Å². The zero-order valence-corrected chi connectivity index (χ0v) is 18.3. The number of nitrogens with zero attached hydrogens (tertiary/aromatic N) is 5. The number of tetrazole rings is 1. The SMILES string of the molecule is CSc1nnnn1-c1cccc(NC(=O)c2ccccc2S(=O)(=O)N2CCOCC2)c1. The van der Waals surface area contributed by atoms with Crippen LogP contribution in [0.5, 0.6) is 0 Å². The van der Waals surface area contributed by atoms with Crippen molar-refractivity contribution in [3.05, 3.63) is 54.1 Å². The number of thioether (sulfide) groups is 1. The van der Waals surface area contributed by atoms with Gasteiger partial charge in [0.1, 0.15) is 0 Å².